The maximum Gasteiger partial charge on any atom is 0.416 e. The lowest BCUT2D eigenvalue weighted by Crippen LogP contribution is -2.04. The van der Waals surface area contributed by atoms with Gasteiger partial charge in [0.25, 0.3) is 0 Å². The molecule has 1 aromatic heterocycles. The first-order valence-electron chi connectivity index (χ1n) is 5.77. The smallest absolute Gasteiger partial charge is 0.340 e. The van der Waals surface area contributed by atoms with Crippen LogP contribution in [0.2, 0.25) is 0 Å². The molecule has 1 aromatic carbocycles. The third kappa shape index (κ3) is 3.34. The van der Waals surface area contributed by atoms with Crippen LogP contribution >= 0.6 is 0 Å². The van der Waals surface area contributed by atoms with Crippen molar-refractivity contribution < 1.29 is 18.0 Å². The number of aromatic nitrogens is 1. The first-order valence-corrected chi connectivity index (χ1v) is 5.77. The van der Waals surface area contributed by atoms with E-state index in [0.29, 0.717) is 17.1 Å². The van der Waals surface area contributed by atoms with E-state index >= 15 is 0 Å². The van der Waals surface area contributed by atoms with Gasteiger partial charge in [-0.25, -0.2) is 4.98 Å². The largest absolute Gasteiger partial charge is 0.416 e. The summed E-state index contributed by atoms with van der Waals surface area (Å²) in [5.74, 6) is 0.355. The zero-order valence-electron chi connectivity index (χ0n) is 10.5. The molecule has 1 heterocycles. The second-order valence-electron chi connectivity index (χ2n) is 4.19. The van der Waals surface area contributed by atoms with E-state index in [1.807, 2.05) is 0 Å². The van der Waals surface area contributed by atoms with Crippen LogP contribution < -0.4 is 5.32 Å². The normalized spacial score (nSPS) is 11.2. The number of carbonyl (C=O) groups excluding carboxylic acids is 1. The molecule has 0 aliphatic rings. The predicted molar refractivity (Wildman–Crippen MR) is 69.0 cm³/mol. The van der Waals surface area contributed by atoms with Gasteiger partial charge in [0.05, 0.1) is 5.56 Å². The van der Waals surface area contributed by atoms with Crippen molar-refractivity contribution in [3.8, 4) is 0 Å². The summed E-state index contributed by atoms with van der Waals surface area (Å²) in [4.78, 5) is 15.1. The number of hydrogen-bond donors (Lipinski definition) is 1. The van der Waals surface area contributed by atoms with Crippen LogP contribution in [0, 0.1) is 0 Å². The average molecular weight is 280 g/mol. The van der Waals surface area contributed by atoms with Crippen molar-refractivity contribution in [2.24, 2.45) is 0 Å². The molecule has 0 spiro atoms. The van der Waals surface area contributed by atoms with E-state index in [1.165, 1.54) is 25.3 Å². The van der Waals surface area contributed by atoms with Gasteiger partial charge in [-0.1, -0.05) is 0 Å². The first-order chi connectivity index (χ1) is 9.36. The summed E-state index contributed by atoms with van der Waals surface area (Å²) in [6, 6.07) is 7.82. The van der Waals surface area contributed by atoms with Gasteiger partial charge in [0.15, 0.2) is 5.78 Å². The molecule has 2 aromatic rings. The van der Waals surface area contributed by atoms with Crippen LogP contribution in [0.15, 0.2) is 42.6 Å². The van der Waals surface area contributed by atoms with E-state index in [9.17, 15) is 18.0 Å². The molecule has 1 N–H and O–H groups in total. The van der Waals surface area contributed by atoms with Crippen LogP contribution in [-0.4, -0.2) is 10.8 Å². The molecule has 0 fully saturated rings. The van der Waals surface area contributed by atoms with Crippen LogP contribution in [0.5, 0.6) is 0 Å². The quantitative estimate of drug-likeness (QED) is 0.862. The summed E-state index contributed by atoms with van der Waals surface area (Å²) in [5.41, 5.74) is 0.256. The Bertz CT molecular complexity index is 604. The van der Waals surface area contributed by atoms with Crippen LogP contribution in [0.25, 0.3) is 0 Å². The number of Topliss-reactive ketones (excluding diaryl/α,β-unsaturated/α-hetero) is 1. The van der Waals surface area contributed by atoms with Crippen LogP contribution in [-0.2, 0) is 6.18 Å². The Balaban J connectivity index is 2.12. The Morgan fingerprint density at radius 2 is 1.75 bits per heavy atom. The van der Waals surface area contributed by atoms with Crippen molar-refractivity contribution in [3.05, 3.63) is 53.7 Å². The fraction of sp³-hybridized carbons (Fsp3) is 0.143. The average Bonchev–Trinajstić information content (AvgIpc) is 2.39. The maximum absolute atomic E-state index is 12.4. The molecule has 0 atom stereocenters. The maximum atomic E-state index is 12.4. The van der Waals surface area contributed by atoms with E-state index in [1.54, 1.807) is 12.1 Å². The third-order valence-electron chi connectivity index (χ3n) is 2.65. The highest BCUT2D eigenvalue weighted by Gasteiger charge is 2.29. The Kier molecular flexibility index (Phi) is 3.74. The van der Waals surface area contributed by atoms with Crippen molar-refractivity contribution in [3.63, 3.8) is 0 Å². The SMILES string of the molecule is CC(=O)c1ccc(Nc2ccc(C(F)(F)F)cc2)nc1. The summed E-state index contributed by atoms with van der Waals surface area (Å²) < 4.78 is 37.2. The van der Waals surface area contributed by atoms with Gasteiger partial charge in [0.1, 0.15) is 5.82 Å². The first kappa shape index (κ1) is 14.0. The topological polar surface area (TPSA) is 42.0 Å². The molecular formula is C14H11F3N2O. The number of ketones is 1. The van der Waals surface area contributed by atoms with Crippen molar-refractivity contribution in [2.75, 3.05) is 5.32 Å². The Labute approximate surface area is 113 Å². The number of nitrogens with zero attached hydrogens (tertiary/aromatic N) is 1. The van der Waals surface area contributed by atoms with Gasteiger partial charge in [-0.15, -0.1) is 0 Å². The Morgan fingerprint density at radius 1 is 1.10 bits per heavy atom. The molecule has 0 saturated heterocycles. The number of alkyl halides is 3. The number of anilines is 2. The molecule has 0 aliphatic heterocycles. The fourth-order valence-electron chi connectivity index (χ4n) is 1.57. The second kappa shape index (κ2) is 5.32. The lowest BCUT2D eigenvalue weighted by molar-refractivity contribution is -0.137. The molecule has 104 valence electrons. The van der Waals surface area contributed by atoms with Gasteiger partial charge in [0.2, 0.25) is 0 Å². The lowest BCUT2D eigenvalue weighted by atomic mass is 10.2. The number of nitrogens with one attached hydrogen (secondary N) is 1. The third-order valence-corrected chi connectivity index (χ3v) is 2.65. The molecule has 0 amide bonds. The van der Waals surface area contributed by atoms with Crippen LogP contribution in [0.1, 0.15) is 22.8 Å². The van der Waals surface area contributed by atoms with Gasteiger partial charge in [-0.05, 0) is 43.3 Å². The molecule has 6 heteroatoms. The van der Waals surface area contributed by atoms with E-state index in [0.717, 1.165) is 12.1 Å². The molecule has 0 unspecified atom stereocenters. The number of benzene rings is 1. The number of rotatable bonds is 3. The van der Waals surface area contributed by atoms with Gasteiger partial charge < -0.3 is 5.32 Å². The van der Waals surface area contributed by atoms with Crippen LogP contribution in [0.3, 0.4) is 0 Å². The molecule has 0 saturated carbocycles. The summed E-state index contributed by atoms with van der Waals surface area (Å²) in [6.45, 7) is 1.43. The molecule has 0 radical (unpaired) electrons. The predicted octanol–water partition coefficient (Wildman–Crippen LogP) is 4.05. The van der Waals surface area contributed by atoms with Gasteiger partial charge >= 0.3 is 6.18 Å². The van der Waals surface area contributed by atoms with E-state index < -0.39 is 11.7 Å². The highest BCUT2D eigenvalue weighted by atomic mass is 19.4. The zero-order chi connectivity index (χ0) is 14.8. The fourth-order valence-corrected chi connectivity index (χ4v) is 1.57. The minimum Gasteiger partial charge on any atom is -0.340 e. The minimum absolute atomic E-state index is 0.0985. The van der Waals surface area contributed by atoms with Crippen molar-refractivity contribution in [1.29, 1.82) is 0 Å². The summed E-state index contributed by atoms with van der Waals surface area (Å²) in [6.07, 6.45) is -2.94. The van der Waals surface area contributed by atoms with E-state index in [4.69, 9.17) is 0 Å². The molecule has 2 rings (SSSR count). The number of hydrogen-bond acceptors (Lipinski definition) is 3. The van der Waals surface area contributed by atoms with Gasteiger partial charge in [-0.3, -0.25) is 4.79 Å². The van der Waals surface area contributed by atoms with Crippen molar-refractivity contribution in [1.82, 2.24) is 4.98 Å². The summed E-state index contributed by atoms with van der Waals surface area (Å²) >= 11 is 0. The molecule has 3 nitrogen and oxygen atoms in total. The van der Waals surface area contributed by atoms with Crippen molar-refractivity contribution in [2.45, 2.75) is 13.1 Å². The highest BCUT2D eigenvalue weighted by Crippen LogP contribution is 2.30. The standard InChI is InChI=1S/C14H11F3N2O/c1-9(20)10-2-7-13(18-8-10)19-12-5-3-11(4-6-12)14(15,16)17/h2-8H,1H3,(H,18,19). The monoisotopic (exact) mass is 280 g/mol. The highest BCUT2D eigenvalue weighted by molar-refractivity contribution is 5.93. The summed E-state index contributed by atoms with van der Waals surface area (Å²) in [7, 11) is 0. The number of pyridine rings is 1. The second-order valence-corrected chi connectivity index (χ2v) is 4.19. The Morgan fingerprint density at radius 3 is 2.20 bits per heavy atom. The molecule has 0 bridgehead atoms. The molecule has 20 heavy (non-hydrogen) atoms. The zero-order valence-corrected chi connectivity index (χ0v) is 10.5. The van der Waals surface area contributed by atoms with Gasteiger partial charge in [0, 0.05) is 17.4 Å². The number of halogens is 3. The van der Waals surface area contributed by atoms with E-state index in [-0.39, 0.29) is 5.78 Å². The molecule has 0 aliphatic carbocycles. The summed E-state index contributed by atoms with van der Waals surface area (Å²) in [5, 5.41) is 2.86. The minimum atomic E-state index is -4.35. The lowest BCUT2D eigenvalue weighted by Gasteiger charge is -2.09. The van der Waals surface area contributed by atoms with E-state index in [2.05, 4.69) is 10.3 Å². The van der Waals surface area contributed by atoms with Crippen LogP contribution in [0.4, 0.5) is 24.7 Å². The Hall–Kier alpha value is -2.37. The van der Waals surface area contributed by atoms with Crippen molar-refractivity contribution >= 4 is 17.3 Å². The molecular weight excluding hydrogens is 269 g/mol. The van der Waals surface area contributed by atoms with Gasteiger partial charge in [-0.2, -0.15) is 13.2 Å². The number of carbonyl (C=O) groups is 1.